The lowest BCUT2D eigenvalue weighted by atomic mass is 9.99. The Morgan fingerprint density at radius 2 is 1.76 bits per heavy atom. The Morgan fingerprint density at radius 1 is 0.970 bits per heavy atom. The molecule has 0 saturated carbocycles. The lowest BCUT2D eigenvalue weighted by molar-refractivity contribution is -0.132. The van der Waals surface area contributed by atoms with Crippen LogP contribution in [-0.4, -0.2) is 44.0 Å². The van der Waals surface area contributed by atoms with Gasteiger partial charge in [-0.2, -0.15) is 0 Å². The summed E-state index contributed by atoms with van der Waals surface area (Å²) in [5, 5.41) is 9.69. The number of anilines is 1. The Labute approximate surface area is 198 Å². The maximum absolute atomic E-state index is 11.8. The van der Waals surface area contributed by atoms with Crippen molar-refractivity contribution >= 4 is 17.7 Å². The third kappa shape index (κ3) is 7.36. The van der Waals surface area contributed by atoms with Gasteiger partial charge in [-0.15, -0.1) is 0 Å². The zero-order valence-corrected chi connectivity index (χ0v) is 20.0. The van der Waals surface area contributed by atoms with Crippen LogP contribution in [0.5, 0.6) is 5.75 Å². The van der Waals surface area contributed by atoms with E-state index in [1.54, 1.807) is 0 Å². The maximum atomic E-state index is 11.8. The first-order valence-electron chi connectivity index (χ1n) is 12.3. The molecule has 0 radical (unpaired) electrons. The molecule has 1 aliphatic rings. The number of benzene rings is 2. The number of fused-ring (bicyclic) bond motifs is 1. The highest BCUT2D eigenvalue weighted by Crippen LogP contribution is 2.32. The fraction of sp³-hybridized carbons (Fsp3) is 0.464. The number of ether oxygens (including phenoxy) is 2. The standard InChI is InChI=1S/C28H37NO4/c1-3-5-17-32-18-19-33-26-12-9-22(10-13-26)23-11-14-27-25(20-23)21-24(28(30)31)8-6-7-16-29(27)15-4-2/h9-14,20-21H,3-8,15-19H2,1-2H3,(H,30,31)/b24-21+. The van der Waals surface area contributed by atoms with Gasteiger partial charge in [0.2, 0.25) is 0 Å². The van der Waals surface area contributed by atoms with E-state index in [2.05, 4.69) is 49.1 Å². The number of unbranched alkanes of at least 4 members (excludes halogenated alkanes) is 1. The predicted molar refractivity (Wildman–Crippen MR) is 135 cm³/mol. The molecule has 1 heterocycles. The van der Waals surface area contributed by atoms with Gasteiger partial charge in [-0.3, -0.25) is 0 Å². The van der Waals surface area contributed by atoms with E-state index in [9.17, 15) is 9.90 Å². The molecule has 1 aliphatic heterocycles. The van der Waals surface area contributed by atoms with Gasteiger partial charge in [-0.25, -0.2) is 4.79 Å². The minimum atomic E-state index is -0.824. The van der Waals surface area contributed by atoms with Gasteiger partial charge in [-0.1, -0.05) is 38.5 Å². The zero-order chi connectivity index (χ0) is 23.5. The highest BCUT2D eigenvalue weighted by molar-refractivity contribution is 5.94. The molecule has 0 bridgehead atoms. The lowest BCUT2D eigenvalue weighted by Crippen LogP contribution is -2.25. The SMILES string of the molecule is CCCCOCCOc1ccc(-c2ccc3c(c2)/C=C(/C(=O)O)CCCCN3CCC)cc1. The van der Waals surface area contributed by atoms with Crippen molar-refractivity contribution < 1.29 is 19.4 Å². The maximum Gasteiger partial charge on any atom is 0.331 e. The van der Waals surface area contributed by atoms with E-state index >= 15 is 0 Å². The van der Waals surface area contributed by atoms with Crippen LogP contribution in [0.2, 0.25) is 0 Å². The Bertz CT molecular complexity index is 920. The van der Waals surface area contributed by atoms with Gasteiger partial charge in [0.1, 0.15) is 12.4 Å². The fourth-order valence-electron chi connectivity index (χ4n) is 4.12. The highest BCUT2D eigenvalue weighted by atomic mass is 16.5. The van der Waals surface area contributed by atoms with E-state index in [0.29, 0.717) is 25.2 Å². The summed E-state index contributed by atoms with van der Waals surface area (Å²) in [5.41, 5.74) is 4.72. The second-order valence-corrected chi connectivity index (χ2v) is 8.53. The van der Waals surface area contributed by atoms with Gasteiger partial charge in [0.25, 0.3) is 0 Å². The number of carboxylic acids is 1. The third-order valence-corrected chi connectivity index (χ3v) is 5.92. The molecule has 0 unspecified atom stereocenters. The average Bonchev–Trinajstić information content (AvgIpc) is 2.91. The van der Waals surface area contributed by atoms with Gasteiger partial charge >= 0.3 is 5.97 Å². The third-order valence-electron chi connectivity index (χ3n) is 5.92. The molecular formula is C28H37NO4. The molecule has 2 aromatic rings. The molecule has 0 saturated heterocycles. The van der Waals surface area contributed by atoms with Gasteiger partial charge in [-0.05, 0) is 79.1 Å². The van der Waals surface area contributed by atoms with E-state index in [1.807, 2.05) is 18.2 Å². The van der Waals surface area contributed by atoms with Crippen LogP contribution in [0, 0.1) is 0 Å². The number of carbonyl (C=O) groups is 1. The monoisotopic (exact) mass is 451 g/mol. The van der Waals surface area contributed by atoms with Gasteiger partial charge < -0.3 is 19.5 Å². The normalized spacial score (nSPS) is 15.6. The summed E-state index contributed by atoms with van der Waals surface area (Å²) in [6, 6.07) is 14.4. The van der Waals surface area contributed by atoms with Gasteiger partial charge in [0, 0.05) is 31.0 Å². The van der Waals surface area contributed by atoms with E-state index in [1.165, 1.54) is 0 Å². The van der Waals surface area contributed by atoms with Crippen molar-refractivity contribution in [1.82, 2.24) is 0 Å². The summed E-state index contributed by atoms with van der Waals surface area (Å²) in [6.07, 6.45) is 7.63. The molecule has 5 nitrogen and oxygen atoms in total. The molecule has 2 aromatic carbocycles. The van der Waals surface area contributed by atoms with E-state index < -0.39 is 5.97 Å². The number of carboxylic acid groups (broad SMARTS) is 1. The molecular weight excluding hydrogens is 414 g/mol. The number of aliphatic carboxylic acids is 1. The van der Waals surface area contributed by atoms with Gasteiger partial charge in [0.05, 0.1) is 6.61 Å². The minimum absolute atomic E-state index is 0.483. The largest absolute Gasteiger partial charge is 0.491 e. The lowest BCUT2D eigenvalue weighted by Gasteiger charge is -2.26. The number of hydrogen-bond donors (Lipinski definition) is 1. The number of rotatable bonds is 11. The first-order chi connectivity index (χ1) is 16.1. The quantitative estimate of drug-likeness (QED) is 0.400. The Balaban J connectivity index is 1.78. The second-order valence-electron chi connectivity index (χ2n) is 8.53. The molecule has 178 valence electrons. The molecule has 0 atom stereocenters. The summed E-state index contributed by atoms with van der Waals surface area (Å²) in [7, 11) is 0. The molecule has 5 heteroatoms. The number of nitrogens with zero attached hydrogens (tertiary/aromatic N) is 1. The van der Waals surface area contributed by atoms with Crippen molar-refractivity contribution in [2.45, 2.75) is 52.4 Å². The zero-order valence-electron chi connectivity index (χ0n) is 20.0. The predicted octanol–water partition coefficient (Wildman–Crippen LogP) is 6.42. The highest BCUT2D eigenvalue weighted by Gasteiger charge is 2.16. The van der Waals surface area contributed by atoms with Crippen molar-refractivity contribution in [3.8, 4) is 16.9 Å². The molecule has 0 amide bonds. The van der Waals surface area contributed by atoms with Crippen LogP contribution < -0.4 is 9.64 Å². The van der Waals surface area contributed by atoms with Crippen LogP contribution in [0.1, 0.15) is 57.9 Å². The van der Waals surface area contributed by atoms with Crippen molar-refractivity contribution in [3.05, 3.63) is 53.6 Å². The molecule has 0 aromatic heterocycles. The molecule has 0 aliphatic carbocycles. The first kappa shape index (κ1) is 24.8. The smallest absolute Gasteiger partial charge is 0.331 e. The van der Waals surface area contributed by atoms with Crippen molar-refractivity contribution in [1.29, 1.82) is 0 Å². The van der Waals surface area contributed by atoms with E-state index in [-0.39, 0.29) is 0 Å². The van der Waals surface area contributed by atoms with E-state index in [4.69, 9.17) is 9.47 Å². The van der Waals surface area contributed by atoms with Crippen LogP contribution in [0.15, 0.2) is 48.0 Å². The number of hydrogen-bond acceptors (Lipinski definition) is 4. The Morgan fingerprint density at radius 3 is 2.48 bits per heavy atom. The molecule has 3 rings (SSSR count). The average molecular weight is 452 g/mol. The summed E-state index contributed by atoms with van der Waals surface area (Å²) in [4.78, 5) is 14.2. The van der Waals surface area contributed by atoms with Crippen molar-refractivity contribution in [2.24, 2.45) is 0 Å². The summed E-state index contributed by atoms with van der Waals surface area (Å²) >= 11 is 0. The second kappa shape index (κ2) is 13.0. The minimum Gasteiger partial charge on any atom is -0.491 e. The molecule has 1 N–H and O–H groups in total. The Kier molecular flexibility index (Phi) is 9.82. The van der Waals surface area contributed by atoms with Crippen LogP contribution >= 0.6 is 0 Å². The van der Waals surface area contributed by atoms with Crippen LogP contribution in [0.3, 0.4) is 0 Å². The molecule has 0 spiro atoms. The summed E-state index contributed by atoms with van der Waals surface area (Å²) < 4.78 is 11.3. The van der Waals surface area contributed by atoms with Crippen molar-refractivity contribution in [2.75, 3.05) is 37.8 Å². The summed E-state index contributed by atoms with van der Waals surface area (Å²) in [6.45, 7) is 8.17. The van der Waals surface area contributed by atoms with Crippen LogP contribution in [0.25, 0.3) is 17.2 Å². The van der Waals surface area contributed by atoms with Gasteiger partial charge in [0.15, 0.2) is 0 Å². The van der Waals surface area contributed by atoms with Crippen molar-refractivity contribution in [3.63, 3.8) is 0 Å². The summed E-state index contributed by atoms with van der Waals surface area (Å²) in [5.74, 6) is -0.00164. The Hall–Kier alpha value is -2.79. The van der Waals surface area contributed by atoms with Crippen LogP contribution in [-0.2, 0) is 9.53 Å². The topological polar surface area (TPSA) is 59.0 Å². The fourth-order valence-corrected chi connectivity index (χ4v) is 4.12. The first-order valence-corrected chi connectivity index (χ1v) is 12.3. The molecule has 33 heavy (non-hydrogen) atoms. The van der Waals surface area contributed by atoms with Crippen LogP contribution in [0.4, 0.5) is 5.69 Å². The molecule has 0 fully saturated rings. The van der Waals surface area contributed by atoms with E-state index in [0.717, 1.165) is 79.9 Å².